The smallest absolute Gasteiger partial charge is 0.243 e. The molecule has 0 aliphatic heterocycles. The zero-order valence-electron chi connectivity index (χ0n) is 15.1. The lowest BCUT2D eigenvalue weighted by Gasteiger charge is -2.17. The fourth-order valence-electron chi connectivity index (χ4n) is 2.46. The van der Waals surface area contributed by atoms with Gasteiger partial charge in [0.1, 0.15) is 16.0 Å². The van der Waals surface area contributed by atoms with Crippen LogP contribution in [0.25, 0.3) is 0 Å². The molecule has 0 aliphatic rings. The van der Waals surface area contributed by atoms with Crippen molar-refractivity contribution in [3.05, 3.63) is 84.6 Å². The first-order chi connectivity index (χ1) is 13.5. The Hall–Kier alpha value is -2.68. The van der Waals surface area contributed by atoms with Gasteiger partial charge in [-0.25, -0.2) is 18.1 Å². The summed E-state index contributed by atoms with van der Waals surface area (Å²) in [6, 6.07) is 22.0. The van der Waals surface area contributed by atoms with Crippen LogP contribution in [0.2, 0.25) is 0 Å². The number of anilines is 1. The molecule has 1 amide bonds. The molecule has 0 bridgehead atoms. The van der Waals surface area contributed by atoms with E-state index in [1.54, 1.807) is 0 Å². The molecule has 1 aromatic heterocycles. The molecule has 0 fully saturated rings. The number of hydrogen-bond acceptors (Lipinski definition) is 5. The van der Waals surface area contributed by atoms with E-state index in [2.05, 4.69) is 15.0 Å². The molecule has 3 rings (SSSR count). The molecule has 28 heavy (non-hydrogen) atoms. The molecule has 0 saturated heterocycles. The first-order valence-electron chi connectivity index (χ1n) is 8.47. The predicted molar refractivity (Wildman–Crippen MR) is 111 cm³/mol. The zero-order chi connectivity index (χ0) is 20.0. The largest absolute Gasteiger partial charge is 0.309 e. The highest BCUT2D eigenvalue weighted by molar-refractivity contribution is 8.00. The first kappa shape index (κ1) is 20.1. The van der Waals surface area contributed by atoms with E-state index in [1.807, 2.05) is 60.7 Å². The van der Waals surface area contributed by atoms with Crippen LogP contribution in [-0.4, -0.2) is 26.4 Å². The lowest BCUT2D eigenvalue weighted by atomic mass is 10.1. The highest BCUT2D eigenvalue weighted by atomic mass is 32.2. The molecule has 6 nitrogen and oxygen atoms in total. The molecular formula is C20H19N3O3S2. The van der Waals surface area contributed by atoms with Gasteiger partial charge in [-0.1, -0.05) is 48.5 Å². The molecule has 1 atom stereocenters. The van der Waals surface area contributed by atoms with Crippen molar-refractivity contribution in [2.75, 3.05) is 12.4 Å². The lowest BCUT2D eigenvalue weighted by molar-refractivity contribution is -0.115. The summed E-state index contributed by atoms with van der Waals surface area (Å²) in [6.07, 6.45) is 1.21. The van der Waals surface area contributed by atoms with E-state index in [-0.39, 0.29) is 16.6 Å². The minimum atomic E-state index is -3.57. The average molecular weight is 414 g/mol. The summed E-state index contributed by atoms with van der Waals surface area (Å²) < 4.78 is 25.8. The summed E-state index contributed by atoms with van der Waals surface area (Å²) in [5.41, 5.74) is 0.864. The fourth-order valence-corrected chi connectivity index (χ4v) is 4.18. The van der Waals surface area contributed by atoms with Gasteiger partial charge in [0.15, 0.2) is 0 Å². The van der Waals surface area contributed by atoms with Crippen LogP contribution < -0.4 is 10.0 Å². The number of pyridine rings is 1. The number of rotatable bonds is 7. The molecule has 0 radical (unpaired) electrons. The summed E-state index contributed by atoms with van der Waals surface area (Å²) >= 11 is 1.43. The molecular weight excluding hydrogens is 394 g/mol. The lowest BCUT2D eigenvalue weighted by Crippen LogP contribution is -2.21. The third kappa shape index (κ3) is 4.98. The topological polar surface area (TPSA) is 88.2 Å². The summed E-state index contributed by atoms with van der Waals surface area (Å²) in [5, 5.41) is 2.29. The molecule has 144 valence electrons. The van der Waals surface area contributed by atoms with Crippen LogP contribution in [0.3, 0.4) is 0 Å². The maximum Gasteiger partial charge on any atom is 0.243 e. The molecule has 2 aromatic carbocycles. The van der Waals surface area contributed by atoms with Crippen LogP contribution in [0.4, 0.5) is 5.82 Å². The Kier molecular flexibility index (Phi) is 6.45. The standard InChI is InChI=1S/C20H19N3O3S2/c1-21-28(25,26)17-12-13-18(22-14-17)23-20(24)19(15-8-4-2-5-9-15)27-16-10-6-3-7-11-16/h2-14,19,21H,1H3,(H,22,23,24)/t19-/m1/s1. The van der Waals surface area contributed by atoms with Crippen molar-refractivity contribution in [2.45, 2.75) is 15.0 Å². The quantitative estimate of drug-likeness (QED) is 0.579. The average Bonchev–Trinajstić information content (AvgIpc) is 2.73. The van der Waals surface area contributed by atoms with E-state index >= 15 is 0 Å². The third-order valence-electron chi connectivity index (χ3n) is 3.90. The van der Waals surface area contributed by atoms with Gasteiger partial charge in [0.25, 0.3) is 0 Å². The maximum absolute atomic E-state index is 13.0. The van der Waals surface area contributed by atoms with Gasteiger partial charge in [0.2, 0.25) is 15.9 Å². The molecule has 8 heteroatoms. The molecule has 0 spiro atoms. The first-order valence-corrected chi connectivity index (χ1v) is 10.8. The van der Waals surface area contributed by atoms with Crippen LogP contribution in [-0.2, 0) is 14.8 Å². The van der Waals surface area contributed by atoms with Gasteiger partial charge in [0.05, 0.1) is 0 Å². The van der Waals surface area contributed by atoms with Gasteiger partial charge in [0, 0.05) is 11.1 Å². The van der Waals surface area contributed by atoms with E-state index < -0.39 is 15.3 Å². The Bertz CT molecular complexity index is 1030. The van der Waals surface area contributed by atoms with Crippen LogP contribution in [0.15, 0.2) is 88.8 Å². The second-order valence-electron chi connectivity index (χ2n) is 5.80. The summed E-state index contributed by atoms with van der Waals surface area (Å²) in [7, 11) is -2.24. The van der Waals surface area contributed by atoms with E-state index in [1.165, 1.54) is 37.1 Å². The van der Waals surface area contributed by atoms with Crippen LogP contribution >= 0.6 is 11.8 Å². The number of thioether (sulfide) groups is 1. The van der Waals surface area contributed by atoms with Crippen molar-refractivity contribution in [2.24, 2.45) is 0 Å². The minimum Gasteiger partial charge on any atom is -0.309 e. The number of hydrogen-bond donors (Lipinski definition) is 2. The predicted octanol–water partition coefficient (Wildman–Crippen LogP) is 3.46. The number of nitrogens with zero attached hydrogens (tertiary/aromatic N) is 1. The molecule has 0 aliphatic carbocycles. The monoisotopic (exact) mass is 413 g/mol. The highest BCUT2D eigenvalue weighted by Gasteiger charge is 2.22. The highest BCUT2D eigenvalue weighted by Crippen LogP contribution is 2.36. The van der Waals surface area contributed by atoms with Gasteiger partial charge in [-0.15, -0.1) is 11.8 Å². The van der Waals surface area contributed by atoms with Crippen LogP contribution in [0.5, 0.6) is 0 Å². The Morgan fingerprint density at radius 1 is 0.964 bits per heavy atom. The molecule has 2 N–H and O–H groups in total. The second-order valence-corrected chi connectivity index (χ2v) is 8.86. The normalized spacial score (nSPS) is 12.3. The van der Waals surface area contributed by atoms with Crippen molar-refractivity contribution < 1.29 is 13.2 Å². The molecule has 0 saturated carbocycles. The number of benzene rings is 2. The number of carbonyl (C=O) groups is 1. The van der Waals surface area contributed by atoms with Gasteiger partial charge < -0.3 is 5.32 Å². The number of sulfonamides is 1. The second kappa shape index (κ2) is 9.01. The van der Waals surface area contributed by atoms with Crippen molar-refractivity contribution in [3.63, 3.8) is 0 Å². The van der Waals surface area contributed by atoms with Crippen molar-refractivity contribution in [3.8, 4) is 0 Å². The van der Waals surface area contributed by atoms with Gasteiger partial charge in [-0.05, 0) is 36.9 Å². The summed E-state index contributed by atoms with van der Waals surface area (Å²) in [6.45, 7) is 0. The van der Waals surface area contributed by atoms with E-state index in [0.29, 0.717) is 0 Å². The van der Waals surface area contributed by atoms with E-state index in [9.17, 15) is 13.2 Å². The summed E-state index contributed by atoms with van der Waals surface area (Å²) in [4.78, 5) is 18.0. The Balaban J connectivity index is 1.81. The Labute approximate surface area is 168 Å². The van der Waals surface area contributed by atoms with Crippen LogP contribution in [0.1, 0.15) is 10.8 Å². The zero-order valence-corrected chi connectivity index (χ0v) is 16.7. The maximum atomic E-state index is 13.0. The molecule has 1 heterocycles. The number of nitrogens with one attached hydrogen (secondary N) is 2. The fraction of sp³-hybridized carbons (Fsp3) is 0.100. The minimum absolute atomic E-state index is 0.0336. The SMILES string of the molecule is CNS(=O)(=O)c1ccc(NC(=O)[C@H](Sc2ccccc2)c2ccccc2)nc1. The van der Waals surface area contributed by atoms with E-state index in [0.717, 1.165) is 10.5 Å². The number of aromatic nitrogens is 1. The van der Waals surface area contributed by atoms with Gasteiger partial charge in [-0.2, -0.15) is 0 Å². The molecule has 0 unspecified atom stereocenters. The van der Waals surface area contributed by atoms with Crippen molar-refractivity contribution in [1.82, 2.24) is 9.71 Å². The van der Waals surface area contributed by atoms with Gasteiger partial charge >= 0.3 is 0 Å². The molecule has 3 aromatic rings. The number of carbonyl (C=O) groups excluding carboxylic acids is 1. The van der Waals surface area contributed by atoms with Gasteiger partial charge in [-0.3, -0.25) is 4.79 Å². The van der Waals surface area contributed by atoms with E-state index in [4.69, 9.17) is 0 Å². The Morgan fingerprint density at radius 3 is 2.18 bits per heavy atom. The third-order valence-corrected chi connectivity index (χ3v) is 6.57. The van der Waals surface area contributed by atoms with Crippen molar-refractivity contribution >= 4 is 33.5 Å². The Morgan fingerprint density at radius 2 is 1.61 bits per heavy atom. The number of amides is 1. The van der Waals surface area contributed by atoms with Crippen LogP contribution in [0, 0.1) is 0 Å². The van der Waals surface area contributed by atoms with Crippen molar-refractivity contribution in [1.29, 1.82) is 0 Å². The summed E-state index contributed by atoms with van der Waals surface area (Å²) in [5.74, 6) is 0.0476.